The number of hydrogen-bond acceptors (Lipinski definition) is 9. The summed E-state index contributed by atoms with van der Waals surface area (Å²) in [6.07, 6.45) is 6.09. The number of nitrogens with zero attached hydrogens (tertiary/aromatic N) is 6. The highest BCUT2D eigenvalue weighted by Crippen LogP contribution is 2.35. The van der Waals surface area contributed by atoms with Crippen LogP contribution in [0.2, 0.25) is 0 Å². The molecule has 0 aliphatic carbocycles. The van der Waals surface area contributed by atoms with Crippen molar-refractivity contribution in [2.45, 2.75) is 52.1 Å². The summed E-state index contributed by atoms with van der Waals surface area (Å²) in [5.74, 6) is 1.68. The van der Waals surface area contributed by atoms with Crippen LogP contribution in [0.1, 0.15) is 49.5 Å². The lowest BCUT2D eigenvalue weighted by molar-refractivity contribution is -0.149. The highest BCUT2D eigenvalue weighted by molar-refractivity contribution is 5.94. The lowest BCUT2D eigenvalue weighted by Gasteiger charge is -2.38. The fourth-order valence-corrected chi connectivity index (χ4v) is 5.65. The number of hydrogen-bond donors (Lipinski definition) is 0. The van der Waals surface area contributed by atoms with Crippen LogP contribution < -0.4 is 9.64 Å². The number of carbonyl (C=O) groups excluding carboxylic acids is 2. The number of anilines is 1. The van der Waals surface area contributed by atoms with Crippen LogP contribution in [0.15, 0.2) is 55.0 Å². The Balaban J connectivity index is 1.02. The molecule has 226 valence electrons. The molecule has 1 atom stereocenters. The van der Waals surface area contributed by atoms with Crippen molar-refractivity contribution in [1.82, 2.24) is 24.8 Å². The normalized spacial score (nSPS) is 19.4. The maximum absolute atomic E-state index is 13.1. The van der Waals surface area contributed by atoms with E-state index in [0.29, 0.717) is 57.4 Å². The van der Waals surface area contributed by atoms with Gasteiger partial charge >= 0.3 is 6.09 Å². The molecule has 2 saturated heterocycles. The minimum atomic E-state index is -0.503. The van der Waals surface area contributed by atoms with Crippen molar-refractivity contribution in [3.63, 3.8) is 0 Å². The topological polar surface area (TPSA) is 110 Å². The van der Waals surface area contributed by atoms with E-state index < -0.39 is 5.60 Å². The SMILES string of the molecule is CC(C)(C)OC(=O)N1CCC(C2OCc3cc(-c4ccc(C(=O)N5CCN(c6ncccn6)CC5)cn4)ccc3O2)CC1. The van der Waals surface area contributed by atoms with Crippen molar-refractivity contribution < 1.29 is 23.8 Å². The predicted octanol–water partition coefficient (Wildman–Crippen LogP) is 4.38. The number of carbonyl (C=O) groups is 2. The number of benzene rings is 1. The number of fused-ring (bicyclic) bond motifs is 1. The molecular formula is C32H38N6O5. The van der Waals surface area contributed by atoms with Gasteiger partial charge in [-0.25, -0.2) is 14.8 Å². The molecule has 2 aromatic heterocycles. The van der Waals surface area contributed by atoms with E-state index in [1.54, 1.807) is 29.6 Å². The van der Waals surface area contributed by atoms with Crippen LogP contribution in [0.3, 0.4) is 0 Å². The lowest BCUT2D eigenvalue weighted by Crippen LogP contribution is -2.49. The van der Waals surface area contributed by atoms with Gasteiger partial charge in [0.15, 0.2) is 0 Å². The summed E-state index contributed by atoms with van der Waals surface area (Å²) in [5, 5.41) is 0. The first-order valence-corrected chi connectivity index (χ1v) is 14.9. The van der Waals surface area contributed by atoms with E-state index in [2.05, 4.69) is 19.9 Å². The molecule has 3 aliphatic heterocycles. The standard InChI is InChI=1S/C32H38N6O5/c1-32(2,3)43-31(40)38-13-9-22(10-14-38)29-41-21-25-19-23(6-8-27(25)42-29)26-7-5-24(20-35-26)28(39)36-15-17-37(18-16-36)30-33-11-4-12-34-30/h4-8,11-12,19-20,22,29H,9-10,13-18,21H2,1-3H3. The Hall–Kier alpha value is -4.25. The Kier molecular flexibility index (Phi) is 8.16. The largest absolute Gasteiger partial charge is 0.464 e. The highest BCUT2D eigenvalue weighted by atomic mass is 16.7. The summed E-state index contributed by atoms with van der Waals surface area (Å²) in [5.41, 5.74) is 2.74. The number of likely N-dealkylation sites (tertiary alicyclic amines) is 1. The molecule has 11 heteroatoms. The van der Waals surface area contributed by atoms with Crippen LogP contribution in [0, 0.1) is 5.92 Å². The Morgan fingerprint density at radius 2 is 1.65 bits per heavy atom. The second-order valence-corrected chi connectivity index (χ2v) is 12.2. The van der Waals surface area contributed by atoms with Gasteiger partial charge in [0.25, 0.3) is 5.91 Å². The monoisotopic (exact) mass is 586 g/mol. The first-order valence-electron chi connectivity index (χ1n) is 14.9. The van der Waals surface area contributed by atoms with Gasteiger partial charge in [-0.2, -0.15) is 0 Å². The van der Waals surface area contributed by atoms with Crippen LogP contribution >= 0.6 is 0 Å². The lowest BCUT2D eigenvalue weighted by atomic mass is 9.95. The van der Waals surface area contributed by atoms with Gasteiger partial charge in [0.1, 0.15) is 11.4 Å². The van der Waals surface area contributed by atoms with E-state index in [-0.39, 0.29) is 24.2 Å². The minimum Gasteiger partial charge on any atom is -0.464 e. The Morgan fingerprint density at radius 1 is 0.907 bits per heavy atom. The summed E-state index contributed by atoms with van der Waals surface area (Å²) < 4.78 is 17.9. The molecule has 0 radical (unpaired) electrons. The summed E-state index contributed by atoms with van der Waals surface area (Å²) in [4.78, 5) is 44.4. The molecule has 0 bridgehead atoms. The summed E-state index contributed by atoms with van der Waals surface area (Å²) >= 11 is 0. The third-order valence-electron chi connectivity index (χ3n) is 7.99. The summed E-state index contributed by atoms with van der Waals surface area (Å²) in [6, 6.07) is 11.5. The van der Waals surface area contributed by atoms with Crippen molar-refractivity contribution in [2.24, 2.45) is 5.92 Å². The van der Waals surface area contributed by atoms with E-state index >= 15 is 0 Å². The number of piperidine rings is 1. The number of rotatable bonds is 4. The van der Waals surface area contributed by atoms with Gasteiger partial charge in [0.05, 0.1) is 17.9 Å². The van der Waals surface area contributed by atoms with Crippen molar-refractivity contribution >= 4 is 17.9 Å². The summed E-state index contributed by atoms with van der Waals surface area (Å²) in [6.45, 7) is 9.90. The number of ether oxygens (including phenoxy) is 3. The van der Waals surface area contributed by atoms with E-state index in [4.69, 9.17) is 14.2 Å². The smallest absolute Gasteiger partial charge is 0.410 e. The molecular weight excluding hydrogens is 548 g/mol. The molecule has 0 N–H and O–H groups in total. The fourth-order valence-electron chi connectivity index (χ4n) is 5.65. The molecule has 5 heterocycles. The van der Waals surface area contributed by atoms with Gasteiger partial charge in [0.2, 0.25) is 12.2 Å². The molecule has 43 heavy (non-hydrogen) atoms. The van der Waals surface area contributed by atoms with Crippen LogP contribution in [0.5, 0.6) is 5.75 Å². The fraction of sp³-hybridized carbons (Fsp3) is 0.469. The van der Waals surface area contributed by atoms with Gasteiger partial charge in [-0.15, -0.1) is 0 Å². The average Bonchev–Trinajstić information content (AvgIpc) is 3.04. The second kappa shape index (κ2) is 12.2. The molecule has 2 amide bonds. The molecule has 11 nitrogen and oxygen atoms in total. The Morgan fingerprint density at radius 3 is 2.33 bits per heavy atom. The zero-order valence-corrected chi connectivity index (χ0v) is 24.9. The van der Waals surface area contributed by atoms with E-state index in [1.165, 1.54) is 0 Å². The second-order valence-electron chi connectivity index (χ2n) is 12.2. The molecule has 6 rings (SSSR count). The van der Waals surface area contributed by atoms with Gasteiger partial charge in [-0.1, -0.05) is 0 Å². The quantitative estimate of drug-likeness (QED) is 0.440. The minimum absolute atomic E-state index is 0.0251. The molecule has 3 aromatic rings. The zero-order chi connectivity index (χ0) is 30.0. The first kappa shape index (κ1) is 28.9. The zero-order valence-electron chi connectivity index (χ0n) is 24.9. The highest BCUT2D eigenvalue weighted by Gasteiger charge is 2.34. The maximum Gasteiger partial charge on any atom is 0.410 e. The first-order chi connectivity index (χ1) is 20.7. The molecule has 1 aromatic carbocycles. The van der Waals surface area contributed by atoms with Crippen molar-refractivity contribution in [1.29, 1.82) is 0 Å². The van der Waals surface area contributed by atoms with E-state index in [1.807, 2.05) is 56.0 Å². The van der Waals surface area contributed by atoms with Gasteiger partial charge in [-0.05, 0) is 70.0 Å². The molecule has 1 unspecified atom stereocenters. The predicted molar refractivity (Wildman–Crippen MR) is 160 cm³/mol. The van der Waals surface area contributed by atoms with Gasteiger partial charge < -0.3 is 28.9 Å². The maximum atomic E-state index is 13.1. The van der Waals surface area contributed by atoms with Crippen molar-refractivity contribution in [3.8, 4) is 17.0 Å². The van der Waals surface area contributed by atoms with Crippen LogP contribution in [-0.4, -0.2) is 87.9 Å². The molecule has 0 spiro atoms. The van der Waals surface area contributed by atoms with Crippen molar-refractivity contribution in [2.75, 3.05) is 44.2 Å². The van der Waals surface area contributed by atoms with Crippen LogP contribution in [-0.2, 0) is 16.1 Å². The number of aromatic nitrogens is 3. The third-order valence-corrected chi connectivity index (χ3v) is 7.99. The van der Waals surface area contributed by atoms with E-state index in [9.17, 15) is 9.59 Å². The van der Waals surface area contributed by atoms with Crippen LogP contribution in [0.4, 0.5) is 10.7 Å². The Labute approximate surface area is 251 Å². The number of piperazine rings is 1. The number of amides is 2. The molecule has 2 fully saturated rings. The average molecular weight is 587 g/mol. The third kappa shape index (κ3) is 6.72. The Bertz CT molecular complexity index is 1430. The molecule has 0 saturated carbocycles. The number of pyridine rings is 1. The van der Waals surface area contributed by atoms with Crippen molar-refractivity contribution in [3.05, 3.63) is 66.1 Å². The van der Waals surface area contributed by atoms with E-state index in [0.717, 1.165) is 35.4 Å². The summed E-state index contributed by atoms with van der Waals surface area (Å²) in [7, 11) is 0. The molecule has 3 aliphatic rings. The van der Waals surface area contributed by atoms with Crippen LogP contribution in [0.25, 0.3) is 11.3 Å². The van der Waals surface area contributed by atoms with Gasteiger partial charge in [-0.3, -0.25) is 9.78 Å². The van der Waals surface area contributed by atoms with Gasteiger partial charge in [0, 0.05) is 74.9 Å².